The number of anilines is 1. The first kappa shape index (κ1) is 27.9. The molecule has 4 atom stereocenters. The van der Waals surface area contributed by atoms with Gasteiger partial charge in [0.2, 0.25) is 0 Å². The number of ether oxygens (including phenoxy) is 1. The molecule has 8 N–H and O–H groups in total. The van der Waals surface area contributed by atoms with Crippen LogP contribution >= 0.6 is 0 Å². The predicted octanol–water partition coefficient (Wildman–Crippen LogP) is 1.02. The maximum Gasteiger partial charge on any atom is 0.342 e. The number of urea groups is 1. The molecule has 0 spiro atoms. The molecule has 4 rings (SSSR count). The number of carbonyl (C=O) groups is 3. The van der Waals surface area contributed by atoms with Crippen LogP contribution in [0, 0.1) is 6.92 Å². The molecule has 1 aliphatic carbocycles. The molecule has 0 bridgehead atoms. The van der Waals surface area contributed by atoms with E-state index in [1.165, 1.54) is 13.0 Å². The number of Topliss-reactive ketones (excluding diaryl/α,β-unsaturated/α-hetero) is 1. The normalized spacial score (nSPS) is 27.8. The zero-order valence-corrected chi connectivity index (χ0v) is 20.9. The van der Waals surface area contributed by atoms with E-state index in [2.05, 4.69) is 10.6 Å². The van der Waals surface area contributed by atoms with Gasteiger partial charge in [-0.25, -0.2) is 9.59 Å². The van der Waals surface area contributed by atoms with Gasteiger partial charge in [-0.2, -0.15) is 0 Å². The Hall–Kier alpha value is -3.67. The van der Waals surface area contributed by atoms with E-state index in [0.29, 0.717) is 23.2 Å². The van der Waals surface area contributed by atoms with E-state index in [0.717, 1.165) is 0 Å². The van der Waals surface area contributed by atoms with Gasteiger partial charge < -0.3 is 41.5 Å². The number of phenolic OH excluding ortho intramolecular Hbond substituents is 1. The monoisotopic (exact) mass is 515 g/mol. The number of nitrogens with one attached hydrogen (secondary N) is 2. The van der Waals surface area contributed by atoms with E-state index in [9.17, 15) is 29.7 Å². The van der Waals surface area contributed by atoms with Crippen LogP contribution in [0.2, 0.25) is 0 Å². The van der Waals surface area contributed by atoms with E-state index in [-0.39, 0.29) is 23.5 Å². The molecule has 2 aromatic carbocycles. The molecular formula is C26H33N3O8. The number of aryl methyl sites for hydroxylation is 1. The lowest BCUT2D eigenvalue weighted by Gasteiger charge is -2.44. The first-order valence-corrected chi connectivity index (χ1v) is 11.8. The third-order valence-electron chi connectivity index (χ3n) is 7.36. The SMILES string of the molecule is CC[C@]12NC(=O)N[C@H]1C[C@](O)(COC(=O)c1c(C)cccc1O)[C@]2(C)O.Nc1cccc(C(=O)CO)c1. The molecule has 1 aliphatic heterocycles. The fourth-order valence-electron chi connectivity index (χ4n) is 5.10. The summed E-state index contributed by atoms with van der Waals surface area (Å²) in [6.07, 6.45) is 0.415. The number of carbonyl (C=O) groups excluding carboxylic acids is 3. The predicted molar refractivity (Wildman–Crippen MR) is 134 cm³/mol. The highest BCUT2D eigenvalue weighted by atomic mass is 16.5. The zero-order valence-electron chi connectivity index (χ0n) is 20.9. The second kappa shape index (κ2) is 10.4. The zero-order chi connectivity index (χ0) is 27.6. The number of nitrogens with two attached hydrogens (primary N) is 1. The average molecular weight is 516 g/mol. The van der Waals surface area contributed by atoms with Crippen molar-refractivity contribution in [2.75, 3.05) is 18.9 Å². The van der Waals surface area contributed by atoms with Gasteiger partial charge >= 0.3 is 12.0 Å². The Balaban J connectivity index is 0.000000289. The van der Waals surface area contributed by atoms with E-state index in [1.54, 1.807) is 50.2 Å². The summed E-state index contributed by atoms with van der Waals surface area (Å²) >= 11 is 0. The first-order chi connectivity index (χ1) is 17.3. The van der Waals surface area contributed by atoms with E-state index >= 15 is 0 Å². The number of benzene rings is 2. The van der Waals surface area contributed by atoms with Crippen LogP contribution in [0.3, 0.4) is 0 Å². The van der Waals surface area contributed by atoms with E-state index in [1.807, 2.05) is 0 Å². The summed E-state index contributed by atoms with van der Waals surface area (Å²) in [5.74, 6) is -1.31. The molecule has 0 aromatic heterocycles. The summed E-state index contributed by atoms with van der Waals surface area (Å²) < 4.78 is 5.24. The van der Waals surface area contributed by atoms with Crippen LogP contribution in [0.15, 0.2) is 42.5 Å². The van der Waals surface area contributed by atoms with Crippen LogP contribution in [0.4, 0.5) is 10.5 Å². The molecule has 2 aliphatic rings. The number of aromatic hydroxyl groups is 1. The minimum atomic E-state index is -1.76. The van der Waals surface area contributed by atoms with Crippen molar-refractivity contribution in [3.8, 4) is 5.75 Å². The molecule has 1 saturated heterocycles. The van der Waals surface area contributed by atoms with Gasteiger partial charge in [-0.1, -0.05) is 31.2 Å². The third kappa shape index (κ3) is 4.97. The summed E-state index contributed by atoms with van der Waals surface area (Å²) in [4.78, 5) is 35.0. The standard InChI is InChI=1S/C18H24N2O6.C8H9NO2/c1-4-18-12(19-15(23)20-18)8-17(25,16(18,3)24)9-26-14(22)13-10(2)6-5-7-11(13)21;9-7-3-1-2-6(4-7)8(11)5-10/h5-7,12,21,24-25H,4,8-9H2,1-3H3,(H2,19,20,23);1-4,10H,5,9H2/t12-,16-,17-,18-;/m0./s1. The molecule has 1 saturated carbocycles. The molecule has 0 radical (unpaired) electrons. The van der Waals surface area contributed by atoms with Crippen molar-refractivity contribution in [2.45, 2.75) is 56.4 Å². The van der Waals surface area contributed by atoms with Crippen LogP contribution in [-0.2, 0) is 4.74 Å². The second-order valence-corrected chi connectivity index (χ2v) is 9.54. The molecule has 11 nitrogen and oxygen atoms in total. The van der Waals surface area contributed by atoms with Crippen molar-refractivity contribution in [1.29, 1.82) is 0 Å². The molecule has 0 unspecified atom stereocenters. The minimum Gasteiger partial charge on any atom is -0.507 e. The first-order valence-electron chi connectivity index (χ1n) is 11.8. The number of aliphatic hydroxyl groups excluding tert-OH is 1. The van der Waals surface area contributed by atoms with Gasteiger partial charge in [-0.15, -0.1) is 0 Å². The molecule has 1 heterocycles. The summed E-state index contributed by atoms with van der Waals surface area (Å²) in [6.45, 7) is 3.96. The average Bonchev–Trinajstić information content (AvgIpc) is 3.25. The summed E-state index contributed by atoms with van der Waals surface area (Å²) in [7, 11) is 0. The number of esters is 1. The number of phenols is 1. The fourth-order valence-corrected chi connectivity index (χ4v) is 5.10. The number of hydrogen-bond acceptors (Lipinski definition) is 9. The van der Waals surface area contributed by atoms with E-state index < -0.39 is 48.0 Å². The summed E-state index contributed by atoms with van der Waals surface area (Å²) in [5, 5.41) is 46.0. The lowest BCUT2D eigenvalue weighted by atomic mass is 9.75. The van der Waals surface area contributed by atoms with Gasteiger partial charge in [0.05, 0.1) is 11.6 Å². The van der Waals surface area contributed by atoms with Crippen LogP contribution in [0.25, 0.3) is 0 Å². The Morgan fingerprint density at radius 2 is 1.86 bits per heavy atom. The molecule has 2 amide bonds. The molecule has 2 fully saturated rings. The number of amides is 2. The highest BCUT2D eigenvalue weighted by Gasteiger charge is 2.72. The van der Waals surface area contributed by atoms with Gasteiger partial charge in [-0.3, -0.25) is 4.79 Å². The quantitative estimate of drug-likeness (QED) is 0.167. The van der Waals surface area contributed by atoms with Crippen molar-refractivity contribution in [3.05, 3.63) is 59.2 Å². The molecule has 11 heteroatoms. The largest absolute Gasteiger partial charge is 0.507 e. The number of nitrogen functional groups attached to an aromatic ring is 1. The number of hydrogen-bond donors (Lipinski definition) is 7. The smallest absolute Gasteiger partial charge is 0.342 e. The van der Waals surface area contributed by atoms with Crippen molar-refractivity contribution in [3.63, 3.8) is 0 Å². The highest BCUT2D eigenvalue weighted by molar-refractivity contribution is 5.97. The third-order valence-corrected chi connectivity index (χ3v) is 7.36. The Morgan fingerprint density at radius 3 is 2.43 bits per heavy atom. The maximum absolute atomic E-state index is 12.4. The van der Waals surface area contributed by atoms with Crippen molar-refractivity contribution in [1.82, 2.24) is 10.6 Å². The maximum atomic E-state index is 12.4. The van der Waals surface area contributed by atoms with Crippen LogP contribution in [0.5, 0.6) is 5.75 Å². The lowest BCUT2D eigenvalue weighted by molar-refractivity contribution is -0.168. The van der Waals surface area contributed by atoms with Gasteiger partial charge in [0.25, 0.3) is 0 Å². The number of fused-ring (bicyclic) bond motifs is 1. The van der Waals surface area contributed by atoms with Gasteiger partial charge in [-0.05, 0) is 44.0 Å². The van der Waals surface area contributed by atoms with Crippen molar-refractivity contribution >= 4 is 23.5 Å². The van der Waals surface area contributed by atoms with Crippen molar-refractivity contribution < 1.29 is 39.5 Å². The van der Waals surface area contributed by atoms with E-state index in [4.69, 9.17) is 15.6 Å². The second-order valence-electron chi connectivity index (χ2n) is 9.54. The minimum absolute atomic E-state index is 0.0190. The number of aliphatic hydroxyl groups is 3. The number of rotatable bonds is 6. The molecule has 37 heavy (non-hydrogen) atoms. The van der Waals surface area contributed by atoms with Gasteiger partial charge in [0, 0.05) is 17.7 Å². The molecule has 2 aromatic rings. The van der Waals surface area contributed by atoms with Crippen LogP contribution in [0.1, 0.15) is 53.0 Å². The van der Waals surface area contributed by atoms with Gasteiger partial charge in [0.15, 0.2) is 5.78 Å². The van der Waals surface area contributed by atoms with Crippen LogP contribution in [-0.4, -0.2) is 74.2 Å². The fraction of sp³-hybridized carbons (Fsp3) is 0.423. The molecular weight excluding hydrogens is 482 g/mol. The molecule has 200 valence electrons. The van der Waals surface area contributed by atoms with Gasteiger partial charge in [0.1, 0.15) is 35.7 Å². The topological polar surface area (TPSA) is 191 Å². The Kier molecular flexibility index (Phi) is 7.82. The summed E-state index contributed by atoms with van der Waals surface area (Å²) in [6, 6.07) is 10.3. The van der Waals surface area contributed by atoms with Crippen LogP contribution < -0.4 is 16.4 Å². The van der Waals surface area contributed by atoms with Crippen molar-refractivity contribution in [2.24, 2.45) is 0 Å². The Bertz CT molecular complexity index is 1180. The highest BCUT2D eigenvalue weighted by Crippen LogP contribution is 2.50. The number of ketones is 1. The Labute approximate surface area is 214 Å². The lowest BCUT2D eigenvalue weighted by Crippen LogP contribution is -2.67. The summed E-state index contributed by atoms with van der Waals surface area (Å²) in [5.41, 5.74) is 2.41. The Morgan fingerprint density at radius 1 is 1.19 bits per heavy atom.